The number of fused-ring (bicyclic) bond motifs is 1. The summed E-state index contributed by atoms with van der Waals surface area (Å²) in [5, 5.41) is 0. The molecule has 0 amide bonds. The van der Waals surface area contributed by atoms with Crippen LogP contribution in [0.1, 0.15) is 30.1 Å². The van der Waals surface area contributed by atoms with Crippen molar-refractivity contribution in [3.63, 3.8) is 0 Å². The summed E-state index contributed by atoms with van der Waals surface area (Å²) < 4.78 is 0. The van der Waals surface area contributed by atoms with Gasteiger partial charge in [-0.1, -0.05) is 6.08 Å². The van der Waals surface area contributed by atoms with Gasteiger partial charge in [-0.25, -0.2) is 4.98 Å². The number of allylic oxidation sites excluding steroid dienone is 1. The van der Waals surface area contributed by atoms with Gasteiger partial charge in [0.1, 0.15) is 0 Å². The molecular weight excluding hydrogens is 136 g/mol. The topological polar surface area (TPSA) is 28.7 Å². The molecule has 1 aliphatic rings. The van der Waals surface area contributed by atoms with Gasteiger partial charge in [0.05, 0.1) is 12.0 Å². The Morgan fingerprint density at radius 3 is 3.45 bits per heavy atom. The number of rotatable bonds is 1. The molecule has 2 nitrogen and oxygen atoms in total. The average Bonchev–Trinajstić information content (AvgIpc) is 2.50. The second-order valence-electron chi connectivity index (χ2n) is 3.00. The van der Waals surface area contributed by atoms with Crippen molar-refractivity contribution >= 4 is 0 Å². The molecule has 1 aromatic rings. The Bertz CT molecular complexity index is 262. The third-order valence-corrected chi connectivity index (χ3v) is 2.33. The van der Waals surface area contributed by atoms with Gasteiger partial charge in [0.2, 0.25) is 0 Å². The van der Waals surface area contributed by atoms with E-state index in [9.17, 15) is 0 Å². The lowest BCUT2D eigenvalue weighted by molar-refractivity contribution is 0.612. The summed E-state index contributed by atoms with van der Waals surface area (Å²) in [6.45, 7) is 3.81. The van der Waals surface area contributed by atoms with E-state index in [1.165, 1.54) is 24.2 Å². The predicted octanol–water partition coefficient (Wildman–Crippen LogP) is 2.02. The summed E-state index contributed by atoms with van der Waals surface area (Å²) in [6, 6.07) is 0. The highest BCUT2D eigenvalue weighted by Gasteiger charge is 2.19. The fraction of sp³-hybridized carbons (Fsp3) is 0.444. The van der Waals surface area contributed by atoms with Crippen molar-refractivity contribution in [2.75, 3.05) is 0 Å². The molecule has 1 aliphatic carbocycles. The molecule has 1 unspecified atom stereocenters. The average molecular weight is 148 g/mol. The maximum Gasteiger partial charge on any atom is 0.0925 e. The molecular formula is C9H12N2. The summed E-state index contributed by atoms with van der Waals surface area (Å²) in [6.07, 6.45) is 7.40. The van der Waals surface area contributed by atoms with Gasteiger partial charge >= 0.3 is 0 Å². The minimum absolute atomic E-state index is 0.491. The van der Waals surface area contributed by atoms with E-state index in [4.69, 9.17) is 0 Å². The maximum absolute atomic E-state index is 4.28. The molecule has 2 heteroatoms. The minimum atomic E-state index is 0.491. The Balaban J connectivity index is 2.39. The quantitative estimate of drug-likeness (QED) is 0.606. The van der Waals surface area contributed by atoms with Crippen LogP contribution < -0.4 is 0 Å². The van der Waals surface area contributed by atoms with Crippen molar-refractivity contribution in [2.24, 2.45) is 0 Å². The molecule has 0 saturated heterocycles. The maximum atomic E-state index is 4.28. The molecule has 0 bridgehead atoms. The summed E-state index contributed by atoms with van der Waals surface area (Å²) in [5.41, 5.74) is 2.52. The van der Waals surface area contributed by atoms with Crippen molar-refractivity contribution in [1.29, 1.82) is 0 Å². The van der Waals surface area contributed by atoms with Crippen LogP contribution in [0.4, 0.5) is 0 Å². The van der Waals surface area contributed by atoms with E-state index in [0.29, 0.717) is 5.92 Å². The molecule has 0 aromatic carbocycles. The third-order valence-electron chi connectivity index (χ3n) is 2.33. The molecule has 1 heterocycles. The smallest absolute Gasteiger partial charge is 0.0925 e. The highest BCUT2D eigenvalue weighted by molar-refractivity contribution is 5.23. The Labute approximate surface area is 66.4 Å². The molecule has 0 radical (unpaired) electrons. The first kappa shape index (κ1) is 6.65. The molecule has 1 atom stereocenters. The molecule has 0 spiro atoms. The van der Waals surface area contributed by atoms with Gasteiger partial charge in [-0.2, -0.15) is 0 Å². The number of aryl methyl sites for hydroxylation is 1. The molecule has 0 saturated carbocycles. The van der Waals surface area contributed by atoms with Gasteiger partial charge in [-0.05, 0) is 19.3 Å². The number of nitrogens with zero attached hydrogens (tertiary/aromatic N) is 1. The van der Waals surface area contributed by atoms with Gasteiger partial charge < -0.3 is 4.98 Å². The fourth-order valence-corrected chi connectivity index (χ4v) is 1.72. The number of hydrogen-bond donors (Lipinski definition) is 1. The van der Waals surface area contributed by atoms with E-state index >= 15 is 0 Å². The molecule has 2 rings (SSSR count). The SMILES string of the molecule is C=CC1CCCc2[nH]cnc21. The second kappa shape index (κ2) is 2.53. The van der Waals surface area contributed by atoms with Crippen molar-refractivity contribution in [1.82, 2.24) is 9.97 Å². The number of aromatic amines is 1. The zero-order chi connectivity index (χ0) is 7.68. The highest BCUT2D eigenvalue weighted by atomic mass is 14.9. The standard InChI is InChI=1S/C9H12N2/c1-2-7-4-3-5-8-9(7)11-6-10-8/h2,6-7H,1,3-5H2,(H,10,11). The monoisotopic (exact) mass is 148 g/mol. The molecule has 0 fully saturated rings. The van der Waals surface area contributed by atoms with Crippen LogP contribution in [0.15, 0.2) is 19.0 Å². The first-order valence-corrected chi connectivity index (χ1v) is 4.06. The van der Waals surface area contributed by atoms with Crippen LogP contribution in [-0.2, 0) is 6.42 Å². The number of H-pyrrole nitrogens is 1. The Hall–Kier alpha value is -1.05. The lowest BCUT2D eigenvalue weighted by Crippen LogP contribution is -2.06. The van der Waals surface area contributed by atoms with Crippen molar-refractivity contribution in [3.05, 3.63) is 30.4 Å². The van der Waals surface area contributed by atoms with Crippen LogP contribution in [0.5, 0.6) is 0 Å². The van der Waals surface area contributed by atoms with Gasteiger partial charge in [0.25, 0.3) is 0 Å². The summed E-state index contributed by atoms with van der Waals surface area (Å²) in [4.78, 5) is 7.45. The third kappa shape index (κ3) is 0.985. The summed E-state index contributed by atoms with van der Waals surface area (Å²) in [7, 11) is 0. The molecule has 0 aliphatic heterocycles. The molecule has 1 N–H and O–H groups in total. The van der Waals surface area contributed by atoms with Crippen LogP contribution in [0, 0.1) is 0 Å². The number of imidazole rings is 1. The van der Waals surface area contributed by atoms with E-state index in [1.807, 2.05) is 6.08 Å². The van der Waals surface area contributed by atoms with Gasteiger partial charge in [0, 0.05) is 11.6 Å². The largest absolute Gasteiger partial charge is 0.348 e. The van der Waals surface area contributed by atoms with Gasteiger partial charge in [-0.3, -0.25) is 0 Å². The first-order valence-electron chi connectivity index (χ1n) is 4.06. The van der Waals surface area contributed by atoms with Crippen LogP contribution >= 0.6 is 0 Å². The van der Waals surface area contributed by atoms with Crippen LogP contribution in [0.3, 0.4) is 0 Å². The van der Waals surface area contributed by atoms with Crippen LogP contribution in [0.2, 0.25) is 0 Å². The summed E-state index contributed by atoms with van der Waals surface area (Å²) >= 11 is 0. The van der Waals surface area contributed by atoms with E-state index in [0.717, 1.165) is 6.42 Å². The Kier molecular flexibility index (Phi) is 1.53. The molecule has 58 valence electrons. The predicted molar refractivity (Wildman–Crippen MR) is 44.5 cm³/mol. The van der Waals surface area contributed by atoms with Crippen molar-refractivity contribution in [2.45, 2.75) is 25.2 Å². The summed E-state index contributed by atoms with van der Waals surface area (Å²) in [5.74, 6) is 0.491. The Morgan fingerprint density at radius 2 is 2.64 bits per heavy atom. The van der Waals surface area contributed by atoms with E-state index in [1.54, 1.807) is 6.33 Å². The normalized spacial score (nSPS) is 22.7. The van der Waals surface area contributed by atoms with Crippen LogP contribution in [-0.4, -0.2) is 9.97 Å². The van der Waals surface area contributed by atoms with E-state index in [-0.39, 0.29) is 0 Å². The minimum Gasteiger partial charge on any atom is -0.348 e. The Morgan fingerprint density at radius 1 is 1.73 bits per heavy atom. The first-order chi connectivity index (χ1) is 5.42. The van der Waals surface area contributed by atoms with Gasteiger partial charge in [0.15, 0.2) is 0 Å². The number of nitrogens with one attached hydrogen (secondary N) is 1. The molecule has 11 heavy (non-hydrogen) atoms. The lowest BCUT2D eigenvalue weighted by Gasteiger charge is -2.16. The lowest BCUT2D eigenvalue weighted by atomic mass is 9.90. The van der Waals surface area contributed by atoms with Crippen molar-refractivity contribution < 1.29 is 0 Å². The fourth-order valence-electron chi connectivity index (χ4n) is 1.72. The number of hydrogen-bond acceptors (Lipinski definition) is 1. The number of aromatic nitrogens is 2. The van der Waals surface area contributed by atoms with Crippen molar-refractivity contribution in [3.8, 4) is 0 Å². The van der Waals surface area contributed by atoms with Crippen LogP contribution in [0.25, 0.3) is 0 Å². The zero-order valence-electron chi connectivity index (χ0n) is 6.51. The highest BCUT2D eigenvalue weighted by Crippen LogP contribution is 2.29. The second-order valence-corrected chi connectivity index (χ2v) is 3.00. The van der Waals surface area contributed by atoms with E-state index in [2.05, 4.69) is 16.5 Å². The zero-order valence-corrected chi connectivity index (χ0v) is 6.51. The molecule has 1 aromatic heterocycles. The van der Waals surface area contributed by atoms with E-state index < -0.39 is 0 Å². The van der Waals surface area contributed by atoms with Gasteiger partial charge in [-0.15, -0.1) is 6.58 Å².